The Morgan fingerprint density at radius 3 is 1.67 bits per heavy atom. The van der Waals surface area contributed by atoms with Crippen LogP contribution in [0.1, 0.15) is 0 Å². The van der Waals surface area contributed by atoms with Crippen LogP contribution in [-0.4, -0.2) is 23.6 Å². The van der Waals surface area contributed by atoms with Crippen molar-refractivity contribution in [3.05, 3.63) is 0 Å². The average Bonchev–Trinajstić information content (AvgIpc) is 1.44. The van der Waals surface area contributed by atoms with E-state index in [-0.39, 0.29) is 0 Å². The van der Waals surface area contributed by atoms with E-state index in [9.17, 15) is 0 Å². The Kier molecular flexibility index (Phi) is 3.07. The summed E-state index contributed by atoms with van der Waals surface area (Å²) in [6, 6.07) is 0. The summed E-state index contributed by atoms with van der Waals surface area (Å²) < 4.78 is 15.9. The van der Waals surface area contributed by atoms with Crippen molar-refractivity contribution < 1.29 is 12.3 Å². The molecule has 1 rings (SSSR count). The molecule has 9 heteroatoms. The fraction of sp³-hybridized carbons (Fsp3) is 1.00. The quantitative estimate of drug-likeness (QED) is 0.505. The van der Waals surface area contributed by atoms with Gasteiger partial charge in [-0.3, -0.25) is 0 Å². The summed E-state index contributed by atoms with van der Waals surface area (Å²) in [6.45, 7) is 5.38. The van der Waals surface area contributed by atoms with E-state index in [0.717, 1.165) is 0 Å². The molecule has 0 amide bonds. The van der Waals surface area contributed by atoms with Gasteiger partial charge in [-0.2, -0.15) is 0 Å². The zero-order valence-corrected chi connectivity index (χ0v) is 12.1. The topological polar surface area (TPSA) is 27.7 Å². The molecule has 1 aliphatic rings. The maximum atomic E-state index is 5.96. The molecule has 0 aromatic heterocycles. The predicted octanol–water partition coefficient (Wildman–Crippen LogP) is 2.47. The van der Waals surface area contributed by atoms with Crippen molar-refractivity contribution in [3.8, 4) is 0 Å². The van der Waals surface area contributed by atoms with Gasteiger partial charge in [-0.25, -0.2) is 0 Å². The first-order chi connectivity index (χ1) is 5.12. The van der Waals surface area contributed by atoms with Gasteiger partial charge in [0.15, 0.2) is 0 Å². The van der Waals surface area contributed by atoms with Gasteiger partial charge < -0.3 is 12.3 Å². The van der Waals surface area contributed by atoms with E-state index in [4.69, 9.17) is 45.6 Å². The summed E-state index contributed by atoms with van der Waals surface area (Å²) in [5, 5.41) is 0. The van der Waals surface area contributed by atoms with E-state index in [1.807, 2.05) is 13.1 Å². The molecule has 1 heterocycles. The van der Waals surface area contributed by atoms with Crippen molar-refractivity contribution in [1.29, 1.82) is 0 Å². The highest BCUT2D eigenvalue weighted by molar-refractivity contribution is 7.44. The SMILES string of the molecule is C[Si]1(C)O[Si](C)(Cl)O[Si](Cl)(Cl)O1. The smallest absolute Gasteiger partial charge is 0.404 e. The Labute approximate surface area is 88.7 Å². The van der Waals surface area contributed by atoms with Crippen LogP contribution in [0.4, 0.5) is 0 Å². The second-order valence-electron chi connectivity index (χ2n) is 3.00. The molecule has 0 bridgehead atoms. The molecular weight excluding hydrogens is 275 g/mol. The van der Waals surface area contributed by atoms with Crippen LogP contribution in [0.2, 0.25) is 19.6 Å². The molecule has 1 aliphatic heterocycles. The Hall–Kier alpha value is 1.40. The van der Waals surface area contributed by atoms with Crippen molar-refractivity contribution in [2.75, 3.05) is 0 Å². The largest absolute Gasteiger partial charge is 0.534 e. The van der Waals surface area contributed by atoms with Gasteiger partial charge in [0, 0.05) is 0 Å². The van der Waals surface area contributed by atoms with E-state index < -0.39 is 23.6 Å². The maximum absolute atomic E-state index is 5.96. The second-order valence-corrected chi connectivity index (χ2v) is 16.5. The van der Waals surface area contributed by atoms with Gasteiger partial charge in [0.05, 0.1) is 0 Å². The molecule has 0 saturated carbocycles. The number of halogens is 3. The lowest BCUT2D eigenvalue weighted by atomic mass is 11.9. The van der Waals surface area contributed by atoms with Crippen LogP contribution >= 0.6 is 33.2 Å². The lowest BCUT2D eigenvalue weighted by Crippen LogP contribution is -2.61. The van der Waals surface area contributed by atoms with E-state index in [2.05, 4.69) is 0 Å². The molecule has 0 N–H and O–H groups in total. The van der Waals surface area contributed by atoms with Crippen LogP contribution in [0.25, 0.3) is 0 Å². The monoisotopic (exact) mass is 282 g/mol. The van der Waals surface area contributed by atoms with Gasteiger partial charge in [0.2, 0.25) is 0 Å². The Morgan fingerprint density at radius 1 is 0.833 bits per heavy atom. The molecule has 0 aromatic rings. The standard InChI is InChI=1S/C3H9Cl3O3Si3/c1-10(2)7-11(3,4)9-12(5,6)8-10/h1-3H3. The summed E-state index contributed by atoms with van der Waals surface area (Å²) in [5.41, 5.74) is 0. The Bertz CT molecular complexity index is 151. The average molecular weight is 284 g/mol. The molecule has 3 nitrogen and oxygen atoms in total. The summed E-state index contributed by atoms with van der Waals surface area (Å²) in [6.07, 6.45) is 0. The van der Waals surface area contributed by atoms with E-state index in [0.29, 0.717) is 0 Å². The minimum Gasteiger partial charge on any atom is -0.404 e. The lowest BCUT2D eigenvalue weighted by Gasteiger charge is -2.41. The third-order valence-corrected chi connectivity index (χ3v) is 14.0. The number of hydrogen-bond donors (Lipinski definition) is 0. The summed E-state index contributed by atoms with van der Waals surface area (Å²) in [4.78, 5) is 0. The molecule has 0 spiro atoms. The van der Waals surface area contributed by atoms with E-state index >= 15 is 0 Å². The zero-order valence-electron chi connectivity index (χ0n) is 6.86. The Morgan fingerprint density at radius 2 is 1.33 bits per heavy atom. The Balaban J connectivity index is 2.81. The van der Waals surface area contributed by atoms with Crippen LogP contribution < -0.4 is 0 Å². The van der Waals surface area contributed by atoms with Crippen LogP contribution in [0, 0.1) is 0 Å². The van der Waals surface area contributed by atoms with Crippen LogP contribution in [0.15, 0.2) is 0 Å². The fourth-order valence-corrected chi connectivity index (χ4v) is 19.5. The molecule has 0 aliphatic carbocycles. The molecule has 0 radical (unpaired) electrons. The van der Waals surface area contributed by atoms with Crippen molar-refractivity contribution in [2.24, 2.45) is 0 Å². The summed E-state index contributed by atoms with van der Waals surface area (Å²) in [7, 11) is -7.96. The molecule has 1 unspecified atom stereocenters. The van der Waals surface area contributed by atoms with Gasteiger partial charge in [0.25, 0.3) is 0 Å². The molecule has 0 aromatic carbocycles. The van der Waals surface area contributed by atoms with Crippen LogP contribution in [0.3, 0.4) is 0 Å². The van der Waals surface area contributed by atoms with Crippen molar-refractivity contribution in [2.45, 2.75) is 19.6 Å². The second kappa shape index (κ2) is 3.21. The summed E-state index contributed by atoms with van der Waals surface area (Å²) >= 11 is 17.6. The molecular formula is C3H9Cl3O3Si3. The maximum Gasteiger partial charge on any atom is 0.534 e. The van der Waals surface area contributed by atoms with Gasteiger partial charge in [0.1, 0.15) is 0 Å². The van der Waals surface area contributed by atoms with Crippen molar-refractivity contribution >= 4 is 56.8 Å². The van der Waals surface area contributed by atoms with Gasteiger partial charge in [-0.15, -0.1) is 11.1 Å². The first-order valence-electron chi connectivity index (χ1n) is 3.29. The molecule has 1 saturated heterocycles. The minimum absolute atomic E-state index is 1.69. The van der Waals surface area contributed by atoms with Crippen LogP contribution in [-0.2, 0) is 12.3 Å². The number of hydrogen-bond acceptors (Lipinski definition) is 3. The minimum atomic E-state index is -3.05. The lowest BCUT2D eigenvalue weighted by molar-refractivity contribution is 0.269. The van der Waals surface area contributed by atoms with E-state index in [1.165, 1.54) is 0 Å². The van der Waals surface area contributed by atoms with E-state index in [1.54, 1.807) is 6.55 Å². The first kappa shape index (κ1) is 11.5. The zero-order chi connectivity index (χ0) is 9.62. The third kappa shape index (κ3) is 3.28. The molecule has 12 heavy (non-hydrogen) atoms. The van der Waals surface area contributed by atoms with Crippen molar-refractivity contribution in [3.63, 3.8) is 0 Å². The summed E-state index contributed by atoms with van der Waals surface area (Å²) in [5.74, 6) is 0. The first-order valence-corrected chi connectivity index (χ1v) is 13.3. The highest BCUT2D eigenvalue weighted by atomic mass is 35.7. The molecule has 72 valence electrons. The number of rotatable bonds is 0. The predicted molar refractivity (Wildman–Crippen MR) is 55.7 cm³/mol. The highest BCUT2D eigenvalue weighted by Gasteiger charge is 2.56. The highest BCUT2D eigenvalue weighted by Crippen LogP contribution is 2.36. The third-order valence-electron chi connectivity index (χ3n) is 1.09. The van der Waals surface area contributed by atoms with Gasteiger partial charge >= 0.3 is 23.6 Å². The van der Waals surface area contributed by atoms with Crippen LogP contribution in [0.5, 0.6) is 0 Å². The molecule has 1 atom stereocenters. The molecule has 1 fully saturated rings. The fourth-order valence-electron chi connectivity index (χ4n) is 1.000. The van der Waals surface area contributed by atoms with Crippen molar-refractivity contribution in [1.82, 2.24) is 0 Å². The normalized spacial score (nSPS) is 39.5. The van der Waals surface area contributed by atoms with Gasteiger partial charge in [-0.1, -0.05) is 22.2 Å². The van der Waals surface area contributed by atoms with Gasteiger partial charge in [-0.05, 0) is 19.6 Å².